The van der Waals surface area contributed by atoms with Crippen LogP contribution in [0.15, 0.2) is 35.3 Å². The molecule has 34 heavy (non-hydrogen) atoms. The van der Waals surface area contributed by atoms with E-state index in [1.807, 2.05) is 4.90 Å². The van der Waals surface area contributed by atoms with Gasteiger partial charge < -0.3 is 9.64 Å². The highest BCUT2D eigenvalue weighted by Crippen LogP contribution is 2.42. The Morgan fingerprint density at radius 1 is 1.21 bits per heavy atom. The molecule has 11 heteroatoms. The monoisotopic (exact) mass is 512 g/mol. The Balaban J connectivity index is 1.65. The molecule has 2 fully saturated rings. The number of hydrogen-bond donors (Lipinski definition) is 0. The molecule has 0 unspecified atom stereocenters. The molecule has 0 radical (unpaired) electrons. The third-order valence-corrected chi connectivity index (χ3v) is 9.23. The molecule has 2 aliphatic rings. The van der Waals surface area contributed by atoms with Gasteiger partial charge in [0.2, 0.25) is 15.8 Å². The highest BCUT2D eigenvalue weighted by Gasteiger charge is 2.39. The zero-order chi connectivity index (χ0) is 24.5. The van der Waals surface area contributed by atoms with Crippen LogP contribution in [0.2, 0.25) is 5.02 Å². The van der Waals surface area contributed by atoms with Gasteiger partial charge in [0, 0.05) is 36.6 Å². The van der Waals surface area contributed by atoms with Gasteiger partial charge in [-0.15, -0.1) is 0 Å². The van der Waals surface area contributed by atoms with E-state index >= 15 is 0 Å². The van der Waals surface area contributed by atoms with Crippen LogP contribution >= 0.6 is 11.6 Å². The summed E-state index contributed by atoms with van der Waals surface area (Å²) in [7, 11) is -3.36. The van der Waals surface area contributed by atoms with Crippen LogP contribution in [0, 0.1) is 5.41 Å². The average Bonchev–Trinajstić information content (AvgIpc) is 2.79. The summed E-state index contributed by atoms with van der Waals surface area (Å²) in [5.41, 5.74) is -0.0492. The molecular weight excluding hydrogens is 483 g/mol. The molecule has 2 aromatic rings. The summed E-state index contributed by atoms with van der Waals surface area (Å²) in [6.45, 7) is 4.30. The van der Waals surface area contributed by atoms with Crippen LogP contribution in [-0.2, 0) is 10.0 Å². The lowest BCUT2D eigenvalue weighted by atomic mass is 9.70. The first-order valence-electron chi connectivity index (χ1n) is 11.5. The van der Waals surface area contributed by atoms with Crippen molar-refractivity contribution in [3.63, 3.8) is 0 Å². The van der Waals surface area contributed by atoms with Crippen LogP contribution < -0.4 is 15.2 Å². The second-order valence-corrected chi connectivity index (χ2v) is 12.2. The maximum Gasteiger partial charge on any atom is 0.316 e. The number of alkyl halides is 1. The summed E-state index contributed by atoms with van der Waals surface area (Å²) >= 11 is 6.10. The number of piperazine rings is 1. The Kier molecular flexibility index (Phi) is 7.21. The molecule has 1 aliphatic carbocycles. The maximum atomic E-state index is 13.7. The minimum atomic E-state index is -3.36. The largest absolute Gasteiger partial charge is 0.486 e. The van der Waals surface area contributed by atoms with Crippen molar-refractivity contribution in [1.29, 1.82) is 0 Å². The Bertz CT molecular complexity index is 1190. The molecule has 8 nitrogen and oxygen atoms in total. The van der Waals surface area contributed by atoms with Gasteiger partial charge in [-0.3, -0.25) is 9.18 Å². The van der Waals surface area contributed by atoms with Gasteiger partial charge >= 0.3 is 5.56 Å². The van der Waals surface area contributed by atoms with Gasteiger partial charge in [0.05, 0.1) is 30.4 Å². The van der Waals surface area contributed by atoms with Gasteiger partial charge in [-0.25, -0.2) is 8.42 Å². The zero-order valence-electron chi connectivity index (χ0n) is 19.4. The van der Waals surface area contributed by atoms with Gasteiger partial charge in [0.25, 0.3) is 0 Å². The Morgan fingerprint density at radius 2 is 1.91 bits per heavy atom. The predicted molar refractivity (Wildman–Crippen MR) is 130 cm³/mol. The minimum Gasteiger partial charge on any atom is -0.486 e. The summed E-state index contributed by atoms with van der Waals surface area (Å²) < 4.78 is 47.5. The fourth-order valence-electron chi connectivity index (χ4n) is 4.28. The van der Waals surface area contributed by atoms with E-state index in [1.165, 1.54) is 8.99 Å². The van der Waals surface area contributed by atoms with Crippen molar-refractivity contribution in [1.82, 2.24) is 14.1 Å². The summed E-state index contributed by atoms with van der Waals surface area (Å²) in [6, 6.07) is 6.77. The molecule has 0 bridgehead atoms. The summed E-state index contributed by atoms with van der Waals surface area (Å²) in [5, 5.41) is 4.30. The summed E-state index contributed by atoms with van der Waals surface area (Å²) in [4.78, 5) is 15.4. The molecule has 186 valence electrons. The molecular formula is C23H30ClFN4O4S. The lowest BCUT2D eigenvalue weighted by molar-refractivity contribution is 0.0311. The van der Waals surface area contributed by atoms with Crippen LogP contribution in [-0.4, -0.2) is 67.2 Å². The van der Waals surface area contributed by atoms with E-state index in [1.54, 1.807) is 44.3 Å². The second kappa shape index (κ2) is 9.83. The van der Waals surface area contributed by atoms with E-state index in [-0.39, 0.29) is 12.4 Å². The molecule has 2 heterocycles. The number of halogens is 2. The molecule has 0 spiro atoms. The average molecular weight is 513 g/mol. The summed E-state index contributed by atoms with van der Waals surface area (Å²) in [6.07, 6.45) is 3.93. The number of nitrogens with zero attached hydrogens (tertiary/aromatic N) is 4. The topological polar surface area (TPSA) is 84.7 Å². The highest BCUT2D eigenvalue weighted by atomic mass is 35.5. The van der Waals surface area contributed by atoms with Crippen molar-refractivity contribution >= 4 is 27.3 Å². The molecule has 1 aromatic heterocycles. The quantitative estimate of drug-likeness (QED) is 0.539. The zero-order valence-corrected chi connectivity index (χ0v) is 21.0. The number of ether oxygens (including phenoxy) is 1. The maximum absolute atomic E-state index is 13.7. The fourth-order valence-corrected chi connectivity index (χ4v) is 5.74. The second-order valence-electron chi connectivity index (χ2n) is 9.31. The van der Waals surface area contributed by atoms with Crippen molar-refractivity contribution in [3.8, 4) is 11.4 Å². The third-order valence-electron chi connectivity index (χ3n) is 6.72. The normalized spacial score (nSPS) is 18.7. The van der Waals surface area contributed by atoms with E-state index in [2.05, 4.69) is 5.10 Å². The molecule has 1 aromatic carbocycles. The fraction of sp³-hybridized carbons (Fsp3) is 0.565. The van der Waals surface area contributed by atoms with Gasteiger partial charge in [0.15, 0.2) is 0 Å². The minimum absolute atomic E-state index is 0.0925. The van der Waals surface area contributed by atoms with E-state index in [0.717, 1.165) is 19.3 Å². The lowest BCUT2D eigenvalue weighted by Gasteiger charge is -2.39. The third kappa shape index (κ3) is 4.81. The highest BCUT2D eigenvalue weighted by molar-refractivity contribution is 7.89. The van der Waals surface area contributed by atoms with Gasteiger partial charge in [-0.2, -0.15) is 14.1 Å². The van der Waals surface area contributed by atoms with Crippen LogP contribution in [0.3, 0.4) is 0 Å². The van der Waals surface area contributed by atoms with Gasteiger partial charge in [-0.1, -0.05) is 24.1 Å². The first kappa shape index (κ1) is 24.9. The van der Waals surface area contributed by atoms with Crippen LogP contribution in [0.1, 0.15) is 33.1 Å². The number of aromatic nitrogens is 2. The molecule has 0 N–H and O–H groups in total. The molecule has 1 saturated carbocycles. The number of anilines is 1. The standard InChI is InChI=1S/C23H30ClFN4O4S/c1-17(2)34(31,32)28-11-9-27(10-12-28)20-14-26-29(19-6-3-5-18(24)13-19)22(30)21(20)33-16-23(15-25)7-4-8-23/h3,5-6,13-14,17H,4,7-12,15-16H2,1-2H3. The van der Waals surface area contributed by atoms with E-state index < -0.39 is 32.9 Å². The predicted octanol–water partition coefficient (Wildman–Crippen LogP) is 3.26. The van der Waals surface area contributed by atoms with Crippen molar-refractivity contribution in [2.24, 2.45) is 5.41 Å². The Hall–Kier alpha value is -2.17. The Morgan fingerprint density at radius 3 is 2.47 bits per heavy atom. The van der Waals surface area contributed by atoms with Gasteiger partial charge in [-0.05, 0) is 44.9 Å². The van der Waals surface area contributed by atoms with Crippen LogP contribution in [0.25, 0.3) is 5.69 Å². The first-order chi connectivity index (χ1) is 16.2. The smallest absolute Gasteiger partial charge is 0.316 e. The number of rotatable bonds is 8. The number of sulfonamides is 1. The lowest BCUT2D eigenvalue weighted by Crippen LogP contribution is -2.51. The SMILES string of the molecule is CC(C)S(=O)(=O)N1CCN(c2cnn(-c3cccc(Cl)c3)c(=O)c2OCC2(CF)CCC2)CC1. The molecule has 1 saturated heterocycles. The van der Waals surface area contributed by atoms with Crippen molar-refractivity contribution < 1.29 is 17.5 Å². The molecule has 0 amide bonds. The van der Waals surface area contributed by atoms with Crippen LogP contribution in [0.4, 0.5) is 10.1 Å². The first-order valence-corrected chi connectivity index (χ1v) is 13.4. The van der Waals surface area contributed by atoms with E-state index in [9.17, 15) is 17.6 Å². The van der Waals surface area contributed by atoms with E-state index in [4.69, 9.17) is 16.3 Å². The van der Waals surface area contributed by atoms with Crippen molar-refractivity contribution in [2.45, 2.75) is 38.4 Å². The number of benzene rings is 1. The van der Waals surface area contributed by atoms with Crippen molar-refractivity contribution in [3.05, 3.63) is 45.8 Å². The van der Waals surface area contributed by atoms with Crippen molar-refractivity contribution in [2.75, 3.05) is 44.4 Å². The number of hydrogen-bond acceptors (Lipinski definition) is 6. The van der Waals surface area contributed by atoms with E-state index in [0.29, 0.717) is 42.6 Å². The summed E-state index contributed by atoms with van der Waals surface area (Å²) in [5.74, 6) is 0.0925. The Labute approximate surface area is 204 Å². The molecule has 0 atom stereocenters. The van der Waals surface area contributed by atoms with Crippen LogP contribution in [0.5, 0.6) is 5.75 Å². The molecule has 1 aliphatic heterocycles. The molecule has 4 rings (SSSR count). The van der Waals surface area contributed by atoms with Gasteiger partial charge in [0.1, 0.15) is 5.69 Å².